The molecule has 1 unspecified atom stereocenters. The van der Waals surface area contributed by atoms with Gasteiger partial charge in [-0.2, -0.15) is 5.10 Å². The second kappa shape index (κ2) is 8.37. The number of hydrogen-bond acceptors (Lipinski definition) is 3. The standard InChI is InChI=1S/C21H28N4O2/c1-4-24(5-2)21(27)18-7-6-12-25(15-18)20(26)17-10-8-16(9-11-17)19-13-22-23(3)14-19/h8-11,13-14,18H,4-7,12,15H2,1-3H3. The van der Waals surface area contributed by atoms with Gasteiger partial charge >= 0.3 is 0 Å². The van der Waals surface area contributed by atoms with Crippen molar-refractivity contribution in [3.8, 4) is 11.1 Å². The Morgan fingerprint density at radius 2 is 1.85 bits per heavy atom. The monoisotopic (exact) mass is 368 g/mol. The summed E-state index contributed by atoms with van der Waals surface area (Å²) in [5, 5.41) is 4.18. The van der Waals surface area contributed by atoms with Crippen LogP contribution in [0.1, 0.15) is 37.0 Å². The van der Waals surface area contributed by atoms with Crippen LogP contribution in [0.25, 0.3) is 11.1 Å². The third-order valence-electron chi connectivity index (χ3n) is 5.30. The minimum absolute atomic E-state index is 0.00443. The van der Waals surface area contributed by atoms with Crippen LogP contribution in [-0.2, 0) is 11.8 Å². The highest BCUT2D eigenvalue weighted by Crippen LogP contribution is 2.23. The summed E-state index contributed by atoms with van der Waals surface area (Å²) >= 11 is 0. The molecule has 1 aliphatic heterocycles. The molecule has 2 amide bonds. The van der Waals surface area contributed by atoms with Gasteiger partial charge in [-0.05, 0) is 44.4 Å². The second-order valence-corrected chi connectivity index (χ2v) is 7.08. The molecule has 1 aliphatic rings. The molecule has 6 heteroatoms. The summed E-state index contributed by atoms with van der Waals surface area (Å²) in [4.78, 5) is 29.3. The number of aromatic nitrogens is 2. The molecule has 0 aliphatic carbocycles. The number of carbonyl (C=O) groups excluding carboxylic acids is 2. The van der Waals surface area contributed by atoms with Crippen LogP contribution < -0.4 is 0 Å². The zero-order chi connectivity index (χ0) is 19.4. The molecule has 0 N–H and O–H groups in total. The zero-order valence-electron chi connectivity index (χ0n) is 16.4. The van der Waals surface area contributed by atoms with Crippen LogP contribution in [0.2, 0.25) is 0 Å². The predicted molar refractivity (Wildman–Crippen MR) is 105 cm³/mol. The van der Waals surface area contributed by atoms with Crippen molar-refractivity contribution in [1.82, 2.24) is 19.6 Å². The first-order chi connectivity index (χ1) is 13.0. The highest BCUT2D eigenvalue weighted by Gasteiger charge is 2.30. The van der Waals surface area contributed by atoms with E-state index in [4.69, 9.17) is 0 Å². The van der Waals surface area contributed by atoms with Gasteiger partial charge in [0.15, 0.2) is 0 Å². The molecule has 0 radical (unpaired) electrons. The van der Waals surface area contributed by atoms with Crippen LogP contribution >= 0.6 is 0 Å². The van der Waals surface area contributed by atoms with Gasteiger partial charge in [0.25, 0.3) is 5.91 Å². The molecule has 0 bridgehead atoms. The maximum Gasteiger partial charge on any atom is 0.253 e. The van der Waals surface area contributed by atoms with Crippen molar-refractivity contribution in [3.05, 3.63) is 42.2 Å². The molecule has 6 nitrogen and oxygen atoms in total. The molecule has 0 spiro atoms. The average Bonchev–Trinajstić information content (AvgIpc) is 3.15. The van der Waals surface area contributed by atoms with Crippen molar-refractivity contribution >= 4 is 11.8 Å². The van der Waals surface area contributed by atoms with E-state index >= 15 is 0 Å². The lowest BCUT2D eigenvalue weighted by Gasteiger charge is -2.34. The molecule has 2 aromatic rings. The summed E-state index contributed by atoms with van der Waals surface area (Å²) in [6, 6.07) is 7.63. The van der Waals surface area contributed by atoms with E-state index in [-0.39, 0.29) is 17.7 Å². The molecule has 27 heavy (non-hydrogen) atoms. The van der Waals surface area contributed by atoms with Gasteiger partial charge in [-0.3, -0.25) is 14.3 Å². The van der Waals surface area contributed by atoms with Crippen LogP contribution in [0.5, 0.6) is 0 Å². The van der Waals surface area contributed by atoms with E-state index in [9.17, 15) is 9.59 Å². The lowest BCUT2D eigenvalue weighted by molar-refractivity contribution is -0.136. The number of likely N-dealkylation sites (tertiary alicyclic amines) is 1. The Labute approximate surface area is 160 Å². The molecule has 1 saturated heterocycles. The Morgan fingerprint density at radius 1 is 1.15 bits per heavy atom. The number of hydrogen-bond donors (Lipinski definition) is 0. The number of benzene rings is 1. The second-order valence-electron chi connectivity index (χ2n) is 7.08. The fraction of sp³-hybridized carbons (Fsp3) is 0.476. The van der Waals surface area contributed by atoms with Crippen molar-refractivity contribution in [2.24, 2.45) is 13.0 Å². The van der Waals surface area contributed by atoms with Crippen LogP contribution in [0.3, 0.4) is 0 Å². The Morgan fingerprint density at radius 3 is 2.44 bits per heavy atom. The molecule has 3 rings (SSSR count). The zero-order valence-corrected chi connectivity index (χ0v) is 16.4. The summed E-state index contributed by atoms with van der Waals surface area (Å²) in [7, 11) is 1.88. The summed E-state index contributed by atoms with van der Waals surface area (Å²) < 4.78 is 1.76. The van der Waals surface area contributed by atoms with Gasteiger partial charge in [0.1, 0.15) is 0 Å². The minimum Gasteiger partial charge on any atom is -0.343 e. The molecule has 144 valence electrons. The van der Waals surface area contributed by atoms with Gasteiger partial charge in [-0.1, -0.05) is 12.1 Å². The van der Waals surface area contributed by atoms with Gasteiger partial charge in [-0.25, -0.2) is 0 Å². The SMILES string of the molecule is CCN(CC)C(=O)C1CCCN(C(=O)c2ccc(-c3cnn(C)c3)cc2)C1. The van der Waals surface area contributed by atoms with Crippen molar-refractivity contribution in [2.75, 3.05) is 26.2 Å². The topological polar surface area (TPSA) is 58.4 Å². The largest absolute Gasteiger partial charge is 0.343 e. The average molecular weight is 368 g/mol. The maximum absolute atomic E-state index is 12.9. The third kappa shape index (κ3) is 4.21. The van der Waals surface area contributed by atoms with Crippen LogP contribution in [0.15, 0.2) is 36.7 Å². The molecule has 1 aromatic carbocycles. The number of piperidine rings is 1. The smallest absolute Gasteiger partial charge is 0.253 e. The molecule has 2 heterocycles. The number of rotatable bonds is 5. The number of carbonyl (C=O) groups is 2. The van der Waals surface area contributed by atoms with E-state index < -0.39 is 0 Å². The molecular weight excluding hydrogens is 340 g/mol. The van der Waals surface area contributed by atoms with Gasteiger partial charge in [0.2, 0.25) is 5.91 Å². The Balaban J connectivity index is 1.69. The molecular formula is C21H28N4O2. The maximum atomic E-state index is 12.9. The molecule has 1 atom stereocenters. The Hall–Kier alpha value is -2.63. The van der Waals surface area contributed by atoms with Gasteiger partial charge < -0.3 is 9.80 Å². The first-order valence-corrected chi connectivity index (χ1v) is 9.70. The van der Waals surface area contributed by atoms with Crippen LogP contribution in [0.4, 0.5) is 0 Å². The molecule has 0 saturated carbocycles. The van der Waals surface area contributed by atoms with Gasteiger partial charge in [0, 0.05) is 50.6 Å². The minimum atomic E-state index is -0.0859. The van der Waals surface area contributed by atoms with E-state index in [0.29, 0.717) is 18.7 Å². The van der Waals surface area contributed by atoms with E-state index in [1.54, 1.807) is 4.68 Å². The first-order valence-electron chi connectivity index (χ1n) is 9.70. The van der Waals surface area contributed by atoms with E-state index in [1.807, 2.05) is 67.4 Å². The van der Waals surface area contributed by atoms with E-state index in [1.165, 1.54) is 0 Å². The number of amides is 2. The van der Waals surface area contributed by atoms with Gasteiger partial charge in [-0.15, -0.1) is 0 Å². The molecule has 1 fully saturated rings. The fourth-order valence-electron chi connectivity index (χ4n) is 3.71. The van der Waals surface area contributed by atoms with Crippen LogP contribution in [0, 0.1) is 5.92 Å². The Bertz CT molecular complexity index is 793. The quantitative estimate of drug-likeness (QED) is 0.815. The van der Waals surface area contributed by atoms with Crippen molar-refractivity contribution in [2.45, 2.75) is 26.7 Å². The summed E-state index contributed by atoms with van der Waals surface area (Å²) in [6.45, 7) is 6.66. The lowest BCUT2D eigenvalue weighted by atomic mass is 9.95. The highest BCUT2D eigenvalue weighted by molar-refractivity contribution is 5.95. The van der Waals surface area contributed by atoms with Crippen molar-refractivity contribution in [3.63, 3.8) is 0 Å². The van der Waals surface area contributed by atoms with Crippen LogP contribution in [-0.4, -0.2) is 57.6 Å². The predicted octanol–water partition coefficient (Wildman–Crippen LogP) is 2.81. The molecule has 1 aromatic heterocycles. The normalized spacial score (nSPS) is 17.0. The fourth-order valence-corrected chi connectivity index (χ4v) is 3.71. The number of aryl methyl sites for hydroxylation is 1. The summed E-state index contributed by atoms with van der Waals surface area (Å²) in [6.07, 6.45) is 5.49. The third-order valence-corrected chi connectivity index (χ3v) is 5.30. The van der Waals surface area contributed by atoms with Crippen molar-refractivity contribution < 1.29 is 9.59 Å². The lowest BCUT2D eigenvalue weighted by Crippen LogP contribution is -2.46. The first kappa shape index (κ1) is 19.1. The van der Waals surface area contributed by atoms with Crippen molar-refractivity contribution in [1.29, 1.82) is 0 Å². The van der Waals surface area contributed by atoms with E-state index in [0.717, 1.165) is 37.1 Å². The van der Waals surface area contributed by atoms with E-state index in [2.05, 4.69) is 5.10 Å². The highest BCUT2D eigenvalue weighted by atomic mass is 16.2. The summed E-state index contributed by atoms with van der Waals surface area (Å²) in [5.41, 5.74) is 2.73. The van der Waals surface area contributed by atoms with Gasteiger partial charge in [0.05, 0.1) is 12.1 Å². The summed E-state index contributed by atoms with van der Waals surface area (Å²) in [5.74, 6) is 0.0893. The number of nitrogens with zero attached hydrogens (tertiary/aromatic N) is 4. The Kier molecular flexibility index (Phi) is 5.94.